The van der Waals surface area contributed by atoms with Crippen molar-refractivity contribution in [3.8, 4) is 16.9 Å². The second-order valence-electron chi connectivity index (χ2n) is 9.72. The summed E-state index contributed by atoms with van der Waals surface area (Å²) in [6.45, 7) is 6.05. The number of carbonyl (C=O) groups is 4. The lowest BCUT2D eigenvalue weighted by atomic mass is 9.96. The Bertz CT molecular complexity index is 1550. The molecule has 0 unspecified atom stereocenters. The number of hydrogen-bond acceptors (Lipinski definition) is 11. The van der Waals surface area contributed by atoms with Crippen LogP contribution in [0.25, 0.3) is 22.1 Å². The molecular formula is C30H31NO11. The van der Waals surface area contributed by atoms with Crippen LogP contribution in [0.4, 0.5) is 0 Å². The number of benzene rings is 2. The first-order valence-corrected chi connectivity index (χ1v) is 13.1. The molecule has 1 aliphatic heterocycles. The van der Waals surface area contributed by atoms with E-state index in [4.69, 9.17) is 28.1 Å². The molecule has 1 fully saturated rings. The number of carbonyl (C=O) groups excluding carboxylic acids is 4. The summed E-state index contributed by atoms with van der Waals surface area (Å²) in [6, 6.07) is 12.5. The lowest BCUT2D eigenvalue weighted by Gasteiger charge is -2.44. The summed E-state index contributed by atoms with van der Waals surface area (Å²) in [5.74, 6) is -1.98. The van der Waals surface area contributed by atoms with Crippen LogP contribution < -0.4 is 15.5 Å². The highest BCUT2D eigenvalue weighted by molar-refractivity contribution is 5.83. The zero-order chi connectivity index (χ0) is 30.6. The van der Waals surface area contributed by atoms with Gasteiger partial charge in [0.05, 0.1) is 10.9 Å². The monoisotopic (exact) mass is 581 g/mol. The third-order valence-electron chi connectivity index (χ3n) is 6.43. The van der Waals surface area contributed by atoms with Crippen molar-refractivity contribution < 1.29 is 47.3 Å². The first kappa shape index (κ1) is 30.3. The smallest absolute Gasteiger partial charge is 0.303 e. The Labute approximate surface area is 240 Å². The van der Waals surface area contributed by atoms with E-state index in [0.717, 1.165) is 19.4 Å². The average Bonchev–Trinajstić information content (AvgIpc) is 2.90. The number of amides is 1. The fourth-order valence-electron chi connectivity index (χ4n) is 4.82. The molecule has 4 rings (SSSR count). The highest BCUT2D eigenvalue weighted by atomic mass is 16.7. The maximum atomic E-state index is 13.4. The van der Waals surface area contributed by atoms with Gasteiger partial charge in [-0.15, -0.1) is 0 Å². The van der Waals surface area contributed by atoms with Crippen LogP contribution in [-0.4, -0.2) is 61.1 Å². The van der Waals surface area contributed by atoms with E-state index >= 15 is 0 Å². The number of aryl methyl sites for hydroxylation is 1. The SMILES string of the molecule is CC(=O)N[C@H]1[C@H](Oc2ccc3c(=O)c(-c4ccccc4)c(C)oc3c2)O[C@H](COC(C)=O)[C@@H](OC(C)=O)[C@@H]1OC(C)=O. The molecule has 222 valence electrons. The molecule has 2 heterocycles. The molecule has 0 radical (unpaired) electrons. The van der Waals surface area contributed by atoms with Gasteiger partial charge in [0.2, 0.25) is 17.6 Å². The fourth-order valence-corrected chi connectivity index (χ4v) is 4.82. The van der Waals surface area contributed by atoms with Gasteiger partial charge >= 0.3 is 17.9 Å². The zero-order valence-electron chi connectivity index (χ0n) is 23.7. The molecule has 3 aromatic rings. The van der Waals surface area contributed by atoms with E-state index in [9.17, 15) is 24.0 Å². The molecule has 1 aromatic heterocycles. The summed E-state index contributed by atoms with van der Waals surface area (Å²) in [6.07, 6.45) is -4.98. The number of esters is 3. The molecule has 1 aliphatic rings. The first-order chi connectivity index (χ1) is 19.9. The van der Waals surface area contributed by atoms with Crippen molar-refractivity contribution in [1.29, 1.82) is 0 Å². The summed E-state index contributed by atoms with van der Waals surface area (Å²) < 4.78 is 34.1. The molecule has 5 atom stereocenters. The van der Waals surface area contributed by atoms with Crippen LogP contribution in [0.2, 0.25) is 0 Å². The summed E-state index contributed by atoms with van der Waals surface area (Å²) in [4.78, 5) is 61.1. The minimum Gasteiger partial charge on any atom is -0.463 e. The number of fused-ring (bicyclic) bond motifs is 1. The maximum Gasteiger partial charge on any atom is 0.303 e. The second kappa shape index (κ2) is 12.9. The molecule has 0 bridgehead atoms. The normalized spacial score (nSPS) is 21.7. The van der Waals surface area contributed by atoms with E-state index < -0.39 is 54.5 Å². The van der Waals surface area contributed by atoms with Gasteiger partial charge in [-0.25, -0.2) is 0 Å². The summed E-state index contributed by atoms with van der Waals surface area (Å²) >= 11 is 0. The number of ether oxygens (including phenoxy) is 5. The minimum absolute atomic E-state index is 0.191. The zero-order valence-corrected chi connectivity index (χ0v) is 23.7. The molecule has 0 saturated carbocycles. The maximum absolute atomic E-state index is 13.4. The molecule has 0 aliphatic carbocycles. The Balaban J connectivity index is 1.73. The molecule has 2 aromatic carbocycles. The number of hydrogen-bond donors (Lipinski definition) is 1. The van der Waals surface area contributed by atoms with Crippen LogP contribution in [0.15, 0.2) is 57.7 Å². The van der Waals surface area contributed by atoms with E-state index in [-0.39, 0.29) is 23.4 Å². The molecule has 1 N–H and O–H groups in total. The van der Waals surface area contributed by atoms with E-state index in [2.05, 4.69) is 5.32 Å². The van der Waals surface area contributed by atoms with Crippen LogP contribution in [0.3, 0.4) is 0 Å². The van der Waals surface area contributed by atoms with E-state index in [0.29, 0.717) is 16.7 Å². The van der Waals surface area contributed by atoms with Crippen molar-refractivity contribution in [2.24, 2.45) is 0 Å². The van der Waals surface area contributed by atoms with Gasteiger partial charge in [0.15, 0.2) is 12.2 Å². The molecule has 12 heteroatoms. The lowest BCUT2D eigenvalue weighted by molar-refractivity contribution is -0.257. The van der Waals surface area contributed by atoms with E-state index in [1.54, 1.807) is 13.0 Å². The molecule has 12 nitrogen and oxygen atoms in total. The third-order valence-corrected chi connectivity index (χ3v) is 6.43. The van der Waals surface area contributed by atoms with Gasteiger partial charge in [-0.3, -0.25) is 24.0 Å². The standard InChI is InChI=1S/C30H31NO11/c1-15-25(20-9-7-6-8-10-20)27(36)22-12-11-21(13-23(22)38-15)41-30-26(31-16(2)32)29(40-19(5)35)28(39-18(4)34)24(42-30)14-37-17(3)33/h6-13,24,26,28-30H,14H2,1-5H3,(H,31,32)/t24-,26-,28-,29-,30-/m1/s1. The summed E-state index contributed by atoms with van der Waals surface area (Å²) in [5, 5.41) is 2.95. The lowest BCUT2D eigenvalue weighted by Crippen LogP contribution is -2.67. The van der Waals surface area contributed by atoms with Crippen LogP contribution in [-0.2, 0) is 38.1 Å². The second-order valence-corrected chi connectivity index (χ2v) is 9.72. The quantitative estimate of drug-likeness (QED) is 0.308. The molecular weight excluding hydrogens is 550 g/mol. The van der Waals surface area contributed by atoms with Crippen molar-refractivity contribution in [3.63, 3.8) is 0 Å². The molecule has 42 heavy (non-hydrogen) atoms. The predicted molar refractivity (Wildman–Crippen MR) is 147 cm³/mol. The van der Waals surface area contributed by atoms with Gasteiger partial charge in [-0.2, -0.15) is 0 Å². The van der Waals surface area contributed by atoms with Gasteiger partial charge in [0.25, 0.3) is 0 Å². The van der Waals surface area contributed by atoms with E-state index in [1.807, 2.05) is 30.3 Å². The average molecular weight is 582 g/mol. The Kier molecular flexibility index (Phi) is 9.26. The fraction of sp³-hybridized carbons (Fsp3) is 0.367. The van der Waals surface area contributed by atoms with Crippen LogP contribution in [0.1, 0.15) is 33.5 Å². The largest absolute Gasteiger partial charge is 0.463 e. The van der Waals surface area contributed by atoms with Crippen LogP contribution >= 0.6 is 0 Å². The van der Waals surface area contributed by atoms with Gasteiger partial charge in [-0.05, 0) is 24.6 Å². The first-order valence-electron chi connectivity index (χ1n) is 13.1. The topological polar surface area (TPSA) is 157 Å². The molecule has 1 saturated heterocycles. The number of nitrogens with one attached hydrogen (secondary N) is 1. The Hall–Kier alpha value is -4.71. The molecule has 0 spiro atoms. The Morgan fingerprint density at radius 2 is 1.55 bits per heavy atom. The van der Waals surface area contributed by atoms with Crippen molar-refractivity contribution in [2.75, 3.05) is 6.61 Å². The van der Waals surface area contributed by atoms with Crippen molar-refractivity contribution >= 4 is 34.8 Å². The van der Waals surface area contributed by atoms with E-state index in [1.165, 1.54) is 26.0 Å². The Morgan fingerprint density at radius 1 is 0.881 bits per heavy atom. The van der Waals surface area contributed by atoms with Gasteiger partial charge < -0.3 is 33.4 Å². The third kappa shape index (κ3) is 6.95. The predicted octanol–water partition coefficient (Wildman–Crippen LogP) is 2.80. The van der Waals surface area contributed by atoms with Gasteiger partial charge in [-0.1, -0.05) is 30.3 Å². The van der Waals surface area contributed by atoms with Crippen molar-refractivity contribution in [1.82, 2.24) is 5.32 Å². The van der Waals surface area contributed by atoms with Crippen LogP contribution in [0.5, 0.6) is 5.75 Å². The highest BCUT2D eigenvalue weighted by Gasteiger charge is 2.52. The highest BCUT2D eigenvalue weighted by Crippen LogP contribution is 2.31. The van der Waals surface area contributed by atoms with Gasteiger partial charge in [0, 0.05) is 33.8 Å². The number of rotatable bonds is 8. The van der Waals surface area contributed by atoms with Gasteiger partial charge in [0.1, 0.15) is 35.8 Å². The van der Waals surface area contributed by atoms with Crippen LogP contribution in [0, 0.1) is 6.92 Å². The van der Waals surface area contributed by atoms with Crippen molar-refractivity contribution in [3.05, 3.63) is 64.5 Å². The Morgan fingerprint density at radius 3 is 2.17 bits per heavy atom. The minimum atomic E-state index is -1.32. The molecule has 1 amide bonds. The summed E-state index contributed by atoms with van der Waals surface area (Å²) in [7, 11) is 0. The summed E-state index contributed by atoms with van der Waals surface area (Å²) in [5.41, 5.74) is 1.18. The van der Waals surface area contributed by atoms with Crippen molar-refractivity contribution in [2.45, 2.75) is 65.3 Å².